The van der Waals surface area contributed by atoms with E-state index in [-0.39, 0.29) is 5.41 Å². The minimum absolute atomic E-state index is 0.158. The lowest BCUT2D eigenvalue weighted by atomic mass is 9.80. The quantitative estimate of drug-likeness (QED) is 0.141. The molecule has 0 amide bonds. The van der Waals surface area contributed by atoms with Crippen LogP contribution in [0.4, 0.5) is 17.1 Å². The van der Waals surface area contributed by atoms with Gasteiger partial charge in [-0.3, -0.25) is 0 Å². The molecule has 9 aromatic rings. The molecule has 1 atom stereocenters. The first-order chi connectivity index (χ1) is 27.4. The molecule has 0 fully saturated rings. The summed E-state index contributed by atoms with van der Waals surface area (Å²) in [5, 5.41) is 7.70. The fourth-order valence-electron chi connectivity index (χ4n) is 9.53. The van der Waals surface area contributed by atoms with Crippen molar-refractivity contribution in [2.24, 2.45) is 0 Å². The summed E-state index contributed by atoms with van der Waals surface area (Å²) in [6.45, 7) is 7.01. The molecule has 270 valence electrons. The predicted molar refractivity (Wildman–Crippen MR) is 239 cm³/mol. The van der Waals surface area contributed by atoms with Gasteiger partial charge in [-0.2, -0.15) is 0 Å². The van der Waals surface area contributed by atoms with Gasteiger partial charge in [0.05, 0.1) is 5.69 Å². The zero-order valence-corrected chi connectivity index (χ0v) is 32.3. The van der Waals surface area contributed by atoms with Crippen LogP contribution in [0.15, 0.2) is 188 Å². The lowest BCUT2D eigenvalue weighted by Crippen LogP contribution is -2.17. The number of fused-ring (bicyclic) bond motifs is 7. The molecular weight excluding hydrogens is 675 g/mol. The van der Waals surface area contributed by atoms with Crippen LogP contribution in [-0.4, -0.2) is 0 Å². The van der Waals surface area contributed by atoms with E-state index in [0.29, 0.717) is 5.92 Å². The van der Waals surface area contributed by atoms with E-state index in [1.54, 1.807) is 0 Å². The van der Waals surface area contributed by atoms with Gasteiger partial charge >= 0.3 is 0 Å². The van der Waals surface area contributed by atoms with Crippen LogP contribution in [0, 0.1) is 6.92 Å². The van der Waals surface area contributed by atoms with Crippen LogP contribution in [0.1, 0.15) is 59.6 Å². The third kappa shape index (κ3) is 5.78. The summed E-state index contributed by atoms with van der Waals surface area (Å²) < 4.78 is 0. The molecule has 1 aliphatic rings. The maximum Gasteiger partial charge on any atom is 0.0546 e. The highest BCUT2D eigenvalue weighted by Crippen LogP contribution is 2.52. The van der Waals surface area contributed by atoms with Crippen molar-refractivity contribution >= 4 is 49.4 Å². The second kappa shape index (κ2) is 13.7. The Morgan fingerprint density at radius 1 is 0.482 bits per heavy atom. The number of hydrogen-bond acceptors (Lipinski definition) is 1. The summed E-state index contributed by atoms with van der Waals surface area (Å²) in [5.74, 6) is 0.308. The minimum atomic E-state index is -0.158. The van der Waals surface area contributed by atoms with Gasteiger partial charge in [0.25, 0.3) is 0 Å². The van der Waals surface area contributed by atoms with Crippen molar-refractivity contribution in [2.75, 3.05) is 4.90 Å². The molecule has 0 heterocycles. The zero-order valence-electron chi connectivity index (χ0n) is 32.3. The predicted octanol–water partition coefficient (Wildman–Crippen LogP) is 15.0. The fourth-order valence-corrected chi connectivity index (χ4v) is 9.53. The maximum absolute atomic E-state index is 2.51. The van der Waals surface area contributed by atoms with Gasteiger partial charge in [-0.15, -0.1) is 0 Å². The van der Waals surface area contributed by atoms with Crippen molar-refractivity contribution in [3.05, 3.63) is 221 Å². The van der Waals surface area contributed by atoms with Gasteiger partial charge < -0.3 is 4.90 Å². The van der Waals surface area contributed by atoms with Crippen molar-refractivity contribution in [2.45, 2.75) is 44.9 Å². The molecule has 1 nitrogen and oxygen atoms in total. The van der Waals surface area contributed by atoms with Crippen LogP contribution in [0.3, 0.4) is 0 Å². The Morgan fingerprint density at radius 2 is 1.11 bits per heavy atom. The van der Waals surface area contributed by atoms with Crippen LogP contribution in [0.25, 0.3) is 43.4 Å². The van der Waals surface area contributed by atoms with Crippen molar-refractivity contribution < 1.29 is 0 Å². The Kier molecular flexibility index (Phi) is 8.33. The average molecular weight is 720 g/mol. The van der Waals surface area contributed by atoms with E-state index in [1.165, 1.54) is 93.9 Å². The Balaban J connectivity index is 1.04. The van der Waals surface area contributed by atoms with E-state index in [4.69, 9.17) is 0 Å². The van der Waals surface area contributed by atoms with Crippen LogP contribution in [0.2, 0.25) is 0 Å². The number of benzene rings is 9. The molecule has 56 heavy (non-hydrogen) atoms. The molecule has 0 aliphatic heterocycles. The normalized spacial score (nSPS) is 13.5. The number of hydrogen-bond donors (Lipinski definition) is 0. The van der Waals surface area contributed by atoms with E-state index in [1.807, 2.05) is 0 Å². The minimum Gasteiger partial charge on any atom is -0.310 e. The topological polar surface area (TPSA) is 3.24 Å². The Bertz CT molecular complexity index is 2910. The summed E-state index contributed by atoms with van der Waals surface area (Å²) >= 11 is 0. The highest BCUT2D eigenvalue weighted by atomic mass is 15.1. The van der Waals surface area contributed by atoms with Gasteiger partial charge in [0, 0.05) is 28.1 Å². The van der Waals surface area contributed by atoms with Crippen LogP contribution >= 0.6 is 0 Å². The van der Waals surface area contributed by atoms with E-state index in [0.717, 1.165) is 12.8 Å². The SMILES string of the molecule is Cc1cccc(N(c2ccc3c(c2)C(C)(C)c2cc(CCC(c4ccccc4)c4cccc5ccccc45)ccc2-3)c2cc3ccccc3c3ccccc23)c1. The molecule has 0 aromatic heterocycles. The Morgan fingerprint density at radius 3 is 1.91 bits per heavy atom. The van der Waals surface area contributed by atoms with Gasteiger partial charge in [-0.25, -0.2) is 0 Å². The Hall–Kier alpha value is -6.44. The number of anilines is 3. The zero-order chi connectivity index (χ0) is 37.8. The Labute approximate surface area is 330 Å². The number of aryl methyl sites for hydroxylation is 2. The third-order valence-electron chi connectivity index (χ3n) is 12.4. The van der Waals surface area contributed by atoms with Gasteiger partial charge in [0.2, 0.25) is 0 Å². The molecule has 1 unspecified atom stereocenters. The molecule has 0 saturated heterocycles. The number of rotatable bonds is 8. The molecular formula is C55H45N. The van der Waals surface area contributed by atoms with Crippen LogP contribution < -0.4 is 4.90 Å². The standard InChI is InChI=1S/C55H45N/c1-37-15-13-21-42(33-37)56(54-35-41-19-8-10-23-45(41)48-24-11-12-25-51(48)54)43-29-32-50-49-31-28-38(34-52(49)55(2,3)53(50)36-43)27-30-46(39-16-5-4-6-17-39)47-26-14-20-40-18-7-9-22-44(40)47/h4-26,28-29,31-36,46H,27,30H2,1-3H3. The average Bonchev–Trinajstić information content (AvgIpc) is 3.46. The van der Waals surface area contributed by atoms with Crippen LogP contribution in [0.5, 0.6) is 0 Å². The molecule has 0 spiro atoms. The van der Waals surface area contributed by atoms with Gasteiger partial charge in [-0.05, 0) is 122 Å². The molecule has 1 heteroatoms. The summed E-state index contributed by atoms with van der Waals surface area (Å²) in [6.07, 6.45) is 2.05. The lowest BCUT2D eigenvalue weighted by Gasteiger charge is -2.29. The van der Waals surface area contributed by atoms with E-state index in [9.17, 15) is 0 Å². The van der Waals surface area contributed by atoms with Crippen molar-refractivity contribution in [1.29, 1.82) is 0 Å². The molecule has 0 N–H and O–H groups in total. The number of nitrogens with zero attached hydrogens (tertiary/aromatic N) is 1. The van der Waals surface area contributed by atoms with E-state index >= 15 is 0 Å². The second-order valence-electron chi connectivity index (χ2n) is 16.1. The summed E-state index contributed by atoms with van der Waals surface area (Å²) in [4.78, 5) is 2.48. The molecule has 0 radical (unpaired) electrons. The van der Waals surface area contributed by atoms with Gasteiger partial charge in [0.1, 0.15) is 0 Å². The second-order valence-corrected chi connectivity index (χ2v) is 16.1. The van der Waals surface area contributed by atoms with Gasteiger partial charge in [-0.1, -0.05) is 172 Å². The van der Waals surface area contributed by atoms with Crippen molar-refractivity contribution in [1.82, 2.24) is 0 Å². The molecule has 0 saturated carbocycles. The smallest absolute Gasteiger partial charge is 0.0546 e. The first-order valence-electron chi connectivity index (χ1n) is 20.0. The highest BCUT2D eigenvalue weighted by molar-refractivity contribution is 6.14. The van der Waals surface area contributed by atoms with E-state index in [2.05, 4.69) is 214 Å². The summed E-state index contributed by atoms with van der Waals surface area (Å²) in [5.41, 5.74) is 14.3. The fraction of sp³-hybridized carbons (Fsp3) is 0.127. The lowest BCUT2D eigenvalue weighted by molar-refractivity contribution is 0.657. The first-order valence-corrected chi connectivity index (χ1v) is 20.0. The molecule has 10 rings (SSSR count). The first kappa shape index (κ1) is 34.1. The molecule has 9 aromatic carbocycles. The van der Waals surface area contributed by atoms with Crippen molar-refractivity contribution in [3.8, 4) is 11.1 Å². The maximum atomic E-state index is 2.51. The highest BCUT2D eigenvalue weighted by Gasteiger charge is 2.36. The summed E-state index contributed by atoms with van der Waals surface area (Å²) in [7, 11) is 0. The van der Waals surface area contributed by atoms with Crippen LogP contribution in [-0.2, 0) is 11.8 Å². The summed E-state index contributed by atoms with van der Waals surface area (Å²) in [6, 6.07) is 70.1. The molecule has 1 aliphatic carbocycles. The third-order valence-corrected chi connectivity index (χ3v) is 12.4. The largest absolute Gasteiger partial charge is 0.310 e. The molecule has 0 bridgehead atoms. The van der Waals surface area contributed by atoms with E-state index < -0.39 is 0 Å². The monoisotopic (exact) mass is 719 g/mol. The van der Waals surface area contributed by atoms with Crippen molar-refractivity contribution in [3.63, 3.8) is 0 Å². The van der Waals surface area contributed by atoms with Gasteiger partial charge in [0.15, 0.2) is 0 Å².